The maximum atomic E-state index is 13.6. The lowest BCUT2D eigenvalue weighted by molar-refractivity contribution is -0.133. The monoisotopic (exact) mass is 435 g/mol. The zero-order chi connectivity index (χ0) is 22.1. The zero-order valence-corrected chi connectivity index (χ0v) is 19.5. The van der Waals surface area contributed by atoms with Gasteiger partial charge >= 0.3 is 0 Å². The van der Waals surface area contributed by atoms with Gasteiger partial charge in [0.15, 0.2) is 5.78 Å². The van der Waals surface area contributed by atoms with Crippen LogP contribution < -0.4 is 0 Å². The van der Waals surface area contributed by atoms with Crippen LogP contribution in [0.25, 0.3) is 10.9 Å². The van der Waals surface area contributed by atoms with Crippen molar-refractivity contribution in [2.24, 2.45) is 40.9 Å². The Morgan fingerprint density at radius 2 is 1.91 bits per heavy atom. The lowest BCUT2D eigenvalue weighted by atomic mass is 9.49. The van der Waals surface area contributed by atoms with E-state index < -0.39 is 5.60 Å². The Hall–Kier alpha value is -1.75. The van der Waals surface area contributed by atoms with Crippen molar-refractivity contribution in [3.05, 3.63) is 24.7 Å². The number of ketones is 1. The SMILES string of the molecule is C[C@@]1(O)CC[C@H]2[C@@H](CC[C@@H]3[C@@H]2CC[C@]2(C)[C@@H](C(=O)Cn4ncc5ccncc54)CC[C@@H]32)C1. The highest BCUT2D eigenvalue weighted by molar-refractivity contribution is 5.84. The van der Waals surface area contributed by atoms with Crippen molar-refractivity contribution < 1.29 is 9.90 Å². The molecule has 1 N–H and O–H groups in total. The summed E-state index contributed by atoms with van der Waals surface area (Å²) < 4.78 is 1.85. The molecule has 0 spiro atoms. The molecule has 32 heavy (non-hydrogen) atoms. The Kier molecular flexibility index (Phi) is 4.80. The van der Waals surface area contributed by atoms with E-state index in [-0.39, 0.29) is 11.3 Å². The number of fused-ring (bicyclic) bond motifs is 6. The fraction of sp³-hybridized carbons (Fsp3) is 0.741. The Balaban J connectivity index is 1.20. The maximum Gasteiger partial charge on any atom is 0.157 e. The predicted molar refractivity (Wildman–Crippen MR) is 124 cm³/mol. The second kappa shape index (κ2) is 7.38. The summed E-state index contributed by atoms with van der Waals surface area (Å²) in [7, 11) is 0. The van der Waals surface area contributed by atoms with Crippen molar-refractivity contribution in [1.82, 2.24) is 14.8 Å². The summed E-state index contributed by atoms with van der Waals surface area (Å²) >= 11 is 0. The van der Waals surface area contributed by atoms with Crippen LogP contribution in [0.1, 0.15) is 71.6 Å². The summed E-state index contributed by atoms with van der Waals surface area (Å²) in [5, 5.41) is 16.2. The van der Waals surface area contributed by atoms with Gasteiger partial charge < -0.3 is 5.11 Å². The third kappa shape index (κ3) is 3.18. The van der Waals surface area contributed by atoms with Gasteiger partial charge in [-0.2, -0.15) is 5.10 Å². The fourth-order valence-corrected chi connectivity index (χ4v) is 8.91. The molecule has 8 atom stereocenters. The molecule has 4 saturated carbocycles. The first-order chi connectivity index (χ1) is 15.4. The molecule has 2 aromatic heterocycles. The second-order valence-electron chi connectivity index (χ2n) is 12.1. The average molecular weight is 436 g/mol. The largest absolute Gasteiger partial charge is 0.390 e. The molecule has 2 heterocycles. The number of pyridine rings is 1. The van der Waals surface area contributed by atoms with E-state index in [1.165, 1.54) is 38.5 Å². The minimum atomic E-state index is -0.450. The molecule has 0 amide bonds. The van der Waals surface area contributed by atoms with Crippen LogP contribution in [0, 0.1) is 40.9 Å². The van der Waals surface area contributed by atoms with Gasteiger partial charge in [0, 0.05) is 17.5 Å². The standard InChI is InChI=1S/C27H37N3O2/c1-26(32)10-7-19-17(13-26)3-4-21-20(19)8-11-27(2)22(21)5-6-23(27)25(31)16-30-24-15-28-12-9-18(24)14-29-30/h9,12,14-15,17,19-23,32H,3-8,10-11,13,16H2,1-2H3/t17-,19-,20+,21+,22-,23+,26+,27-/m0/s1. The molecule has 0 aromatic carbocycles. The molecule has 4 aliphatic rings. The van der Waals surface area contributed by atoms with Crippen molar-refractivity contribution in [2.75, 3.05) is 0 Å². The predicted octanol–water partition coefficient (Wildman–Crippen LogP) is 5.02. The van der Waals surface area contributed by atoms with E-state index in [4.69, 9.17) is 0 Å². The molecule has 4 aliphatic carbocycles. The summed E-state index contributed by atoms with van der Waals surface area (Å²) in [4.78, 5) is 17.8. The fourth-order valence-electron chi connectivity index (χ4n) is 8.91. The number of nitrogens with zero attached hydrogens (tertiary/aromatic N) is 3. The lowest BCUT2D eigenvalue weighted by Crippen LogP contribution is -2.51. The van der Waals surface area contributed by atoms with Crippen LogP contribution in [0.5, 0.6) is 0 Å². The molecule has 0 saturated heterocycles. The molecule has 172 valence electrons. The average Bonchev–Trinajstić information content (AvgIpc) is 3.33. The normalized spacial score (nSPS) is 43.5. The molecule has 0 unspecified atom stereocenters. The van der Waals surface area contributed by atoms with E-state index in [0.717, 1.165) is 47.9 Å². The number of hydrogen-bond acceptors (Lipinski definition) is 4. The smallest absolute Gasteiger partial charge is 0.157 e. The Bertz CT molecular complexity index is 1030. The quantitative estimate of drug-likeness (QED) is 0.735. The highest BCUT2D eigenvalue weighted by Gasteiger charge is 2.58. The van der Waals surface area contributed by atoms with Gasteiger partial charge in [0.1, 0.15) is 6.54 Å². The van der Waals surface area contributed by atoms with Gasteiger partial charge in [-0.1, -0.05) is 6.92 Å². The molecule has 5 nitrogen and oxygen atoms in total. The van der Waals surface area contributed by atoms with Gasteiger partial charge in [-0.3, -0.25) is 14.5 Å². The molecule has 4 fully saturated rings. The topological polar surface area (TPSA) is 68.0 Å². The first-order valence-electron chi connectivity index (χ1n) is 12.9. The number of Topliss-reactive ketones (excluding diaryl/α,β-unsaturated/α-hetero) is 1. The summed E-state index contributed by atoms with van der Waals surface area (Å²) in [6.07, 6.45) is 15.9. The number of hydrogen-bond donors (Lipinski definition) is 1. The Labute approximate surface area is 191 Å². The number of aromatic nitrogens is 3. The molecule has 0 bridgehead atoms. The third-order valence-corrected chi connectivity index (χ3v) is 10.4. The first-order valence-corrected chi connectivity index (χ1v) is 12.9. The highest BCUT2D eigenvalue weighted by Crippen LogP contribution is 2.64. The number of carbonyl (C=O) groups is 1. The molecule has 0 aliphatic heterocycles. The van der Waals surface area contributed by atoms with E-state index in [9.17, 15) is 9.90 Å². The molecule has 0 radical (unpaired) electrons. The molecule has 2 aromatic rings. The summed E-state index contributed by atoms with van der Waals surface area (Å²) in [6.45, 7) is 4.85. The van der Waals surface area contributed by atoms with Crippen LogP contribution >= 0.6 is 0 Å². The van der Waals surface area contributed by atoms with Crippen molar-refractivity contribution in [3.63, 3.8) is 0 Å². The van der Waals surface area contributed by atoms with Crippen LogP contribution in [-0.4, -0.2) is 31.3 Å². The van der Waals surface area contributed by atoms with Gasteiger partial charge in [-0.25, -0.2) is 0 Å². The van der Waals surface area contributed by atoms with Gasteiger partial charge in [0.05, 0.1) is 23.5 Å². The second-order valence-corrected chi connectivity index (χ2v) is 12.1. The van der Waals surface area contributed by atoms with E-state index >= 15 is 0 Å². The van der Waals surface area contributed by atoms with Gasteiger partial charge in [0.2, 0.25) is 0 Å². The van der Waals surface area contributed by atoms with Crippen molar-refractivity contribution in [2.45, 2.75) is 83.8 Å². The minimum absolute atomic E-state index is 0.145. The van der Waals surface area contributed by atoms with Crippen LogP contribution in [0.2, 0.25) is 0 Å². The molecule has 6 rings (SSSR count). The van der Waals surface area contributed by atoms with Crippen LogP contribution in [-0.2, 0) is 11.3 Å². The van der Waals surface area contributed by atoms with Crippen molar-refractivity contribution in [3.8, 4) is 0 Å². The Morgan fingerprint density at radius 1 is 1.06 bits per heavy atom. The van der Waals surface area contributed by atoms with E-state index in [1.807, 2.05) is 30.1 Å². The molecular formula is C27H37N3O2. The molecular weight excluding hydrogens is 398 g/mol. The third-order valence-electron chi connectivity index (χ3n) is 10.4. The number of carbonyl (C=O) groups excluding carboxylic acids is 1. The van der Waals surface area contributed by atoms with Crippen molar-refractivity contribution in [1.29, 1.82) is 0 Å². The van der Waals surface area contributed by atoms with E-state index in [0.29, 0.717) is 24.2 Å². The van der Waals surface area contributed by atoms with E-state index in [1.54, 1.807) is 6.20 Å². The minimum Gasteiger partial charge on any atom is -0.390 e. The lowest BCUT2D eigenvalue weighted by Gasteiger charge is -2.56. The summed E-state index contributed by atoms with van der Waals surface area (Å²) in [6, 6.07) is 1.96. The van der Waals surface area contributed by atoms with Crippen LogP contribution in [0.3, 0.4) is 0 Å². The maximum absolute atomic E-state index is 13.6. The number of rotatable bonds is 3. The molecule has 5 heteroatoms. The first kappa shape index (κ1) is 20.8. The summed E-state index contributed by atoms with van der Waals surface area (Å²) in [5.74, 6) is 4.33. The zero-order valence-electron chi connectivity index (χ0n) is 19.5. The van der Waals surface area contributed by atoms with Crippen LogP contribution in [0.4, 0.5) is 0 Å². The van der Waals surface area contributed by atoms with Crippen molar-refractivity contribution >= 4 is 16.7 Å². The van der Waals surface area contributed by atoms with Crippen LogP contribution in [0.15, 0.2) is 24.7 Å². The summed E-state index contributed by atoms with van der Waals surface area (Å²) in [5.41, 5.74) is 0.650. The van der Waals surface area contributed by atoms with Gasteiger partial charge in [-0.05, 0) is 106 Å². The van der Waals surface area contributed by atoms with Gasteiger partial charge in [-0.15, -0.1) is 0 Å². The Morgan fingerprint density at radius 3 is 2.78 bits per heavy atom. The number of aliphatic hydroxyl groups is 1. The van der Waals surface area contributed by atoms with Gasteiger partial charge in [0.25, 0.3) is 0 Å². The van der Waals surface area contributed by atoms with E-state index in [2.05, 4.69) is 17.0 Å². The highest BCUT2D eigenvalue weighted by atomic mass is 16.3.